The summed E-state index contributed by atoms with van der Waals surface area (Å²) in [6.07, 6.45) is 4.94. The number of anilines is 1. The summed E-state index contributed by atoms with van der Waals surface area (Å²) in [7, 11) is 3.28. The lowest BCUT2D eigenvalue weighted by molar-refractivity contribution is -0.404. The van der Waals surface area contributed by atoms with Gasteiger partial charge in [-0.05, 0) is 19.3 Å². The Labute approximate surface area is 144 Å². The molecule has 0 aromatic carbocycles. The highest BCUT2D eigenvalue weighted by Gasteiger charge is 2.25. The summed E-state index contributed by atoms with van der Waals surface area (Å²) in [5, 5.41) is 22.4. The first kappa shape index (κ1) is 18.0. The number of aromatic nitrogens is 1. The first-order chi connectivity index (χ1) is 11.5. The lowest BCUT2D eigenvalue weighted by atomic mass is 9.84. The van der Waals surface area contributed by atoms with Gasteiger partial charge in [0.2, 0.25) is 0 Å². The Hall–Kier alpha value is -2.36. The SMILES string of the molecule is CN=C(N)Nc1nc(C2CCCC(NC(=C[N+](=O)[O-])NC)C2)cs1. The molecule has 0 radical (unpaired) electrons. The normalized spacial score (nSPS) is 22.1. The van der Waals surface area contributed by atoms with E-state index in [1.807, 2.05) is 5.38 Å². The zero-order valence-corrected chi connectivity index (χ0v) is 14.6. The van der Waals surface area contributed by atoms with E-state index in [-0.39, 0.29) is 6.04 Å². The molecule has 1 aliphatic rings. The van der Waals surface area contributed by atoms with E-state index >= 15 is 0 Å². The van der Waals surface area contributed by atoms with Gasteiger partial charge in [-0.15, -0.1) is 11.3 Å². The quantitative estimate of drug-likeness (QED) is 0.263. The van der Waals surface area contributed by atoms with Crippen LogP contribution in [0.25, 0.3) is 0 Å². The van der Waals surface area contributed by atoms with Crippen LogP contribution in [0.3, 0.4) is 0 Å². The third-order valence-corrected chi connectivity index (χ3v) is 4.73. The highest BCUT2D eigenvalue weighted by molar-refractivity contribution is 7.13. The Morgan fingerprint density at radius 1 is 1.58 bits per heavy atom. The smallest absolute Gasteiger partial charge is 0.274 e. The highest BCUT2D eigenvalue weighted by Crippen LogP contribution is 2.34. The molecule has 9 nitrogen and oxygen atoms in total. The molecule has 0 aliphatic heterocycles. The number of nitrogens with two attached hydrogens (primary N) is 1. The lowest BCUT2D eigenvalue weighted by Crippen LogP contribution is -2.37. The molecule has 10 heteroatoms. The molecule has 132 valence electrons. The minimum atomic E-state index is -0.461. The van der Waals surface area contributed by atoms with Gasteiger partial charge in [-0.1, -0.05) is 6.42 Å². The van der Waals surface area contributed by atoms with E-state index in [2.05, 4.69) is 25.9 Å². The Morgan fingerprint density at radius 3 is 3.04 bits per heavy atom. The molecule has 0 amide bonds. The minimum absolute atomic E-state index is 0.183. The van der Waals surface area contributed by atoms with Crippen molar-refractivity contribution >= 4 is 22.4 Å². The molecule has 1 saturated carbocycles. The number of hydrogen-bond acceptors (Lipinski definition) is 7. The zero-order chi connectivity index (χ0) is 17.5. The Kier molecular flexibility index (Phi) is 6.36. The van der Waals surface area contributed by atoms with Gasteiger partial charge in [-0.3, -0.25) is 15.1 Å². The van der Waals surface area contributed by atoms with Crippen molar-refractivity contribution in [3.8, 4) is 0 Å². The van der Waals surface area contributed by atoms with Crippen LogP contribution >= 0.6 is 11.3 Å². The van der Waals surface area contributed by atoms with E-state index in [0.29, 0.717) is 17.7 Å². The summed E-state index contributed by atoms with van der Waals surface area (Å²) in [6, 6.07) is 0.183. The van der Waals surface area contributed by atoms with Gasteiger partial charge in [0.25, 0.3) is 6.20 Å². The van der Waals surface area contributed by atoms with Crippen molar-refractivity contribution in [2.24, 2.45) is 10.7 Å². The molecule has 1 fully saturated rings. The molecule has 24 heavy (non-hydrogen) atoms. The van der Waals surface area contributed by atoms with Crippen molar-refractivity contribution < 1.29 is 4.92 Å². The van der Waals surface area contributed by atoms with E-state index < -0.39 is 4.92 Å². The van der Waals surface area contributed by atoms with E-state index in [4.69, 9.17) is 5.73 Å². The topological polar surface area (TPSA) is 130 Å². The van der Waals surface area contributed by atoms with Gasteiger partial charge in [0, 0.05) is 31.4 Å². The first-order valence-electron chi connectivity index (χ1n) is 7.76. The first-order valence-corrected chi connectivity index (χ1v) is 8.64. The maximum Gasteiger partial charge on any atom is 0.274 e. The predicted octanol–water partition coefficient (Wildman–Crippen LogP) is 1.41. The number of hydrogen-bond donors (Lipinski definition) is 4. The van der Waals surface area contributed by atoms with Crippen LogP contribution in [0.15, 0.2) is 22.4 Å². The largest absolute Gasteiger partial charge is 0.370 e. The molecule has 1 aromatic heterocycles. The number of rotatable bonds is 6. The van der Waals surface area contributed by atoms with E-state index in [0.717, 1.165) is 42.7 Å². The van der Waals surface area contributed by atoms with Gasteiger partial charge in [0.05, 0.1) is 10.6 Å². The van der Waals surface area contributed by atoms with Crippen LogP contribution in [-0.4, -0.2) is 36.0 Å². The molecule has 2 unspecified atom stereocenters. The highest BCUT2D eigenvalue weighted by atomic mass is 32.1. The average molecular weight is 353 g/mol. The van der Waals surface area contributed by atoms with Gasteiger partial charge in [0.15, 0.2) is 16.9 Å². The van der Waals surface area contributed by atoms with Gasteiger partial charge in [0.1, 0.15) is 0 Å². The molecule has 1 heterocycles. The molecule has 1 aromatic rings. The minimum Gasteiger partial charge on any atom is -0.370 e. The fourth-order valence-corrected chi connectivity index (χ4v) is 3.58. The Balaban J connectivity index is 1.99. The lowest BCUT2D eigenvalue weighted by Gasteiger charge is -2.29. The maximum absolute atomic E-state index is 10.6. The average Bonchev–Trinajstić information content (AvgIpc) is 3.02. The number of aliphatic imine (C=N–C) groups is 1. The second kappa shape index (κ2) is 8.48. The third kappa shape index (κ3) is 5.08. The van der Waals surface area contributed by atoms with Crippen LogP contribution < -0.4 is 21.7 Å². The number of thiazole rings is 1. The molecule has 0 bridgehead atoms. The molecule has 2 atom stereocenters. The number of nitro groups is 1. The van der Waals surface area contributed by atoms with E-state index in [1.54, 1.807) is 14.1 Å². The Morgan fingerprint density at radius 2 is 2.38 bits per heavy atom. The van der Waals surface area contributed by atoms with E-state index in [1.165, 1.54) is 11.3 Å². The van der Waals surface area contributed by atoms with Crippen LogP contribution in [0, 0.1) is 10.1 Å². The van der Waals surface area contributed by atoms with Crippen LogP contribution in [-0.2, 0) is 0 Å². The summed E-state index contributed by atoms with van der Waals surface area (Å²) in [5.41, 5.74) is 6.68. The summed E-state index contributed by atoms with van der Waals surface area (Å²) < 4.78 is 0. The molecule has 1 aliphatic carbocycles. The predicted molar refractivity (Wildman–Crippen MR) is 95.6 cm³/mol. The number of guanidine groups is 1. The van der Waals surface area contributed by atoms with Crippen LogP contribution in [0.5, 0.6) is 0 Å². The van der Waals surface area contributed by atoms with Crippen molar-refractivity contribution in [3.05, 3.63) is 33.2 Å². The maximum atomic E-state index is 10.6. The van der Waals surface area contributed by atoms with Gasteiger partial charge < -0.3 is 21.7 Å². The van der Waals surface area contributed by atoms with Gasteiger partial charge in [-0.25, -0.2) is 4.98 Å². The number of nitrogens with one attached hydrogen (secondary N) is 3. The van der Waals surface area contributed by atoms with Crippen LogP contribution in [0.4, 0.5) is 5.13 Å². The van der Waals surface area contributed by atoms with Crippen molar-refractivity contribution in [1.82, 2.24) is 15.6 Å². The van der Waals surface area contributed by atoms with Gasteiger partial charge in [-0.2, -0.15) is 0 Å². The van der Waals surface area contributed by atoms with Crippen LogP contribution in [0.2, 0.25) is 0 Å². The molecular formula is C14H23N7O2S. The second-order valence-electron chi connectivity index (χ2n) is 5.59. The molecule has 5 N–H and O–H groups in total. The van der Waals surface area contributed by atoms with Crippen molar-refractivity contribution in [2.45, 2.75) is 37.6 Å². The molecule has 0 spiro atoms. The summed E-state index contributed by atoms with van der Waals surface area (Å²) >= 11 is 1.50. The summed E-state index contributed by atoms with van der Waals surface area (Å²) in [6.45, 7) is 0. The Bertz CT molecular complexity index is 628. The fourth-order valence-electron chi connectivity index (χ4n) is 2.79. The zero-order valence-electron chi connectivity index (χ0n) is 13.8. The summed E-state index contributed by atoms with van der Waals surface area (Å²) in [5.74, 6) is 1.09. The molecular weight excluding hydrogens is 330 g/mol. The van der Waals surface area contributed by atoms with Crippen molar-refractivity contribution in [2.75, 3.05) is 19.4 Å². The van der Waals surface area contributed by atoms with Crippen LogP contribution in [0.1, 0.15) is 37.3 Å². The standard InChI is InChI=1S/C14H23N7O2S/c1-16-12(7-21(22)23)18-10-5-3-4-9(6-10)11-8-24-14(19-11)20-13(15)17-2/h7-10,16,18H,3-6H2,1-2H3,(H3,15,17,19,20). The van der Waals surface area contributed by atoms with Crippen molar-refractivity contribution in [3.63, 3.8) is 0 Å². The third-order valence-electron chi connectivity index (χ3n) is 3.95. The van der Waals surface area contributed by atoms with E-state index in [9.17, 15) is 10.1 Å². The van der Waals surface area contributed by atoms with Crippen molar-refractivity contribution in [1.29, 1.82) is 0 Å². The second-order valence-corrected chi connectivity index (χ2v) is 6.45. The number of nitrogens with zero attached hydrogens (tertiary/aromatic N) is 3. The van der Waals surface area contributed by atoms with Gasteiger partial charge >= 0.3 is 0 Å². The summed E-state index contributed by atoms with van der Waals surface area (Å²) in [4.78, 5) is 18.6. The fraction of sp³-hybridized carbons (Fsp3) is 0.571. The molecule has 2 rings (SSSR count). The molecule has 0 saturated heterocycles. The monoisotopic (exact) mass is 353 g/mol.